The van der Waals surface area contributed by atoms with E-state index in [1.54, 1.807) is 0 Å². The summed E-state index contributed by atoms with van der Waals surface area (Å²) in [4.78, 5) is 2.37. The first-order chi connectivity index (χ1) is 11.7. The fourth-order valence-corrected chi connectivity index (χ4v) is 3.02. The van der Waals surface area contributed by atoms with Gasteiger partial charge in [-0.2, -0.15) is 0 Å². The molecule has 1 aliphatic heterocycles. The zero-order valence-electron chi connectivity index (χ0n) is 14.2. The lowest BCUT2D eigenvalue weighted by Gasteiger charge is -2.30. The van der Waals surface area contributed by atoms with Gasteiger partial charge in [0.25, 0.3) is 0 Å². The molecular weight excluding hydrogens is 300 g/mol. The largest absolute Gasteiger partial charge is 0.387 e. The van der Waals surface area contributed by atoms with Crippen LogP contribution in [0.2, 0.25) is 0 Å². The van der Waals surface area contributed by atoms with Gasteiger partial charge in [-0.25, -0.2) is 0 Å². The topological polar surface area (TPSA) is 44.7 Å². The Hall–Kier alpha value is -1.88. The van der Waals surface area contributed by atoms with Gasteiger partial charge in [0.05, 0.1) is 19.3 Å². The number of para-hydroxylation sites is 1. The van der Waals surface area contributed by atoms with Crippen LogP contribution in [0.25, 0.3) is 0 Å². The number of benzene rings is 2. The van der Waals surface area contributed by atoms with Gasteiger partial charge in [0.1, 0.15) is 0 Å². The number of anilines is 1. The van der Waals surface area contributed by atoms with Gasteiger partial charge in [-0.3, -0.25) is 0 Å². The number of ether oxygens (including phenoxy) is 1. The van der Waals surface area contributed by atoms with Crippen molar-refractivity contribution in [1.82, 2.24) is 5.32 Å². The van der Waals surface area contributed by atoms with Gasteiger partial charge in [0, 0.05) is 31.9 Å². The average Bonchev–Trinajstić information content (AvgIpc) is 2.63. The first-order valence-corrected chi connectivity index (χ1v) is 8.60. The molecule has 1 heterocycles. The van der Waals surface area contributed by atoms with Gasteiger partial charge >= 0.3 is 0 Å². The van der Waals surface area contributed by atoms with Crippen LogP contribution in [0, 0.1) is 6.92 Å². The Morgan fingerprint density at radius 2 is 1.79 bits per heavy atom. The lowest BCUT2D eigenvalue weighted by molar-refractivity contribution is 0.122. The summed E-state index contributed by atoms with van der Waals surface area (Å²) in [7, 11) is 0. The lowest BCUT2D eigenvalue weighted by Crippen LogP contribution is -2.37. The van der Waals surface area contributed by atoms with E-state index in [4.69, 9.17) is 4.74 Å². The number of rotatable bonds is 6. The van der Waals surface area contributed by atoms with Crippen molar-refractivity contribution in [1.29, 1.82) is 0 Å². The van der Waals surface area contributed by atoms with E-state index < -0.39 is 6.10 Å². The average molecular weight is 326 g/mol. The first-order valence-electron chi connectivity index (χ1n) is 8.60. The third-order valence-electron chi connectivity index (χ3n) is 4.46. The molecule has 0 aliphatic carbocycles. The van der Waals surface area contributed by atoms with Gasteiger partial charge in [0.15, 0.2) is 0 Å². The molecule has 4 heteroatoms. The van der Waals surface area contributed by atoms with E-state index in [-0.39, 0.29) is 0 Å². The van der Waals surface area contributed by atoms with Crippen molar-refractivity contribution < 1.29 is 9.84 Å². The highest BCUT2D eigenvalue weighted by atomic mass is 16.5. The Morgan fingerprint density at radius 3 is 2.54 bits per heavy atom. The minimum atomic E-state index is -0.485. The smallest absolute Gasteiger partial charge is 0.0914 e. The molecule has 3 rings (SSSR count). The van der Waals surface area contributed by atoms with Gasteiger partial charge in [-0.1, -0.05) is 48.0 Å². The van der Waals surface area contributed by atoms with Gasteiger partial charge in [-0.05, 0) is 24.1 Å². The summed E-state index contributed by atoms with van der Waals surface area (Å²) in [6.07, 6.45) is -0.485. The molecule has 2 aromatic rings. The Labute approximate surface area is 144 Å². The molecule has 0 amide bonds. The Balaban J connectivity index is 1.57. The summed E-state index contributed by atoms with van der Waals surface area (Å²) in [5, 5.41) is 13.7. The van der Waals surface area contributed by atoms with Gasteiger partial charge in [-0.15, -0.1) is 0 Å². The molecule has 2 N–H and O–H groups in total. The Kier molecular flexibility index (Phi) is 5.86. The molecule has 0 bridgehead atoms. The molecule has 1 saturated heterocycles. The van der Waals surface area contributed by atoms with Crippen LogP contribution in [0.1, 0.15) is 22.8 Å². The number of hydrogen-bond acceptors (Lipinski definition) is 4. The third-order valence-corrected chi connectivity index (χ3v) is 4.46. The number of nitrogens with one attached hydrogen (secondary N) is 1. The molecule has 2 aromatic carbocycles. The SMILES string of the molecule is Cc1ccc(C(O)CNCc2ccccc2N2CCOCC2)cc1. The summed E-state index contributed by atoms with van der Waals surface area (Å²) in [5.74, 6) is 0. The molecule has 128 valence electrons. The van der Waals surface area contributed by atoms with Gasteiger partial charge < -0.3 is 20.1 Å². The van der Waals surface area contributed by atoms with Crippen LogP contribution in [0.3, 0.4) is 0 Å². The van der Waals surface area contributed by atoms with Crippen molar-refractivity contribution in [2.75, 3.05) is 37.7 Å². The number of aliphatic hydroxyl groups is 1. The monoisotopic (exact) mass is 326 g/mol. The molecular formula is C20H26N2O2. The highest BCUT2D eigenvalue weighted by Gasteiger charge is 2.14. The predicted octanol–water partition coefficient (Wildman–Crippen LogP) is 2.65. The minimum Gasteiger partial charge on any atom is -0.387 e. The zero-order chi connectivity index (χ0) is 16.8. The second-order valence-electron chi connectivity index (χ2n) is 6.29. The van der Waals surface area contributed by atoms with Crippen molar-refractivity contribution in [3.05, 3.63) is 65.2 Å². The van der Waals surface area contributed by atoms with E-state index in [2.05, 4.69) is 41.4 Å². The summed E-state index contributed by atoms with van der Waals surface area (Å²) < 4.78 is 5.44. The maximum atomic E-state index is 10.3. The molecule has 1 aliphatic rings. The van der Waals surface area contributed by atoms with Crippen LogP contribution in [-0.4, -0.2) is 38.0 Å². The van der Waals surface area contributed by atoms with Crippen LogP contribution in [0.4, 0.5) is 5.69 Å². The van der Waals surface area contributed by atoms with E-state index in [9.17, 15) is 5.11 Å². The molecule has 1 unspecified atom stereocenters. The number of nitrogens with zero attached hydrogens (tertiary/aromatic N) is 1. The molecule has 4 nitrogen and oxygen atoms in total. The van der Waals surface area contributed by atoms with Crippen LogP contribution >= 0.6 is 0 Å². The second kappa shape index (κ2) is 8.29. The standard InChI is InChI=1S/C20H26N2O2/c1-16-6-8-17(9-7-16)20(23)15-21-14-18-4-2-3-5-19(18)22-10-12-24-13-11-22/h2-9,20-21,23H,10-15H2,1H3. The normalized spacial score (nSPS) is 16.2. The number of hydrogen-bond donors (Lipinski definition) is 2. The number of morpholine rings is 1. The van der Waals surface area contributed by atoms with Crippen LogP contribution in [0.15, 0.2) is 48.5 Å². The van der Waals surface area contributed by atoms with Gasteiger partial charge in [0.2, 0.25) is 0 Å². The minimum absolute atomic E-state index is 0.485. The van der Waals surface area contributed by atoms with Crippen molar-refractivity contribution >= 4 is 5.69 Å². The molecule has 24 heavy (non-hydrogen) atoms. The number of aliphatic hydroxyl groups excluding tert-OH is 1. The molecule has 0 spiro atoms. The molecule has 1 atom stereocenters. The van der Waals surface area contributed by atoms with E-state index in [1.165, 1.54) is 16.8 Å². The van der Waals surface area contributed by atoms with Crippen molar-refractivity contribution in [3.63, 3.8) is 0 Å². The Morgan fingerprint density at radius 1 is 1.08 bits per heavy atom. The van der Waals surface area contributed by atoms with Crippen LogP contribution in [0.5, 0.6) is 0 Å². The van der Waals surface area contributed by atoms with Crippen molar-refractivity contribution in [2.45, 2.75) is 19.6 Å². The lowest BCUT2D eigenvalue weighted by atomic mass is 10.1. The fraction of sp³-hybridized carbons (Fsp3) is 0.400. The summed E-state index contributed by atoms with van der Waals surface area (Å²) in [6, 6.07) is 16.5. The zero-order valence-corrected chi connectivity index (χ0v) is 14.2. The molecule has 0 radical (unpaired) electrons. The number of aryl methyl sites for hydroxylation is 1. The fourth-order valence-electron chi connectivity index (χ4n) is 3.02. The van der Waals surface area contributed by atoms with E-state index >= 15 is 0 Å². The van der Waals surface area contributed by atoms with Crippen LogP contribution < -0.4 is 10.2 Å². The maximum Gasteiger partial charge on any atom is 0.0914 e. The van der Waals surface area contributed by atoms with Crippen LogP contribution in [-0.2, 0) is 11.3 Å². The van der Waals surface area contributed by atoms with E-state index in [1.807, 2.05) is 24.3 Å². The summed E-state index contributed by atoms with van der Waals surface area (Å²) >= 11 is 0. The summed E-state index contributed by atoms with van der Waals surface area (Å²) in [6.45, 7) is 6.78. The van der Waals surface area contributed by atoms with Crippen molar-refractivity contribution in [2.24, 2.45) is 0 Å². The maximum absolute atomic E-state index is 10.3. The highest BCUT2D eigenvalue weighted by Crippen LogP contribution is 2.21. The van der Waals surface area contributed by atoms with Crippen molar-refractivity contribution in [3.8, 4) is 0 Å². The first kappa shape index (κ1) is 17.0. The second-order valence-corrected chi connectivity index (χ2v) is 6.29. The highest BCUT2D eigenvalue weighted by molar-refractivity contribution is 5.53. The quantitative estimate of drug-likeness (QED) is 0.857. The summed E-state index contributed by atoms with van der Waals surface area (Å²) in [5.41, 5.74) is 4.68. The van der Waals surface area contributed by atoms with E-state index in [0.29, 0.717) is 6.54 Å². The Bertz CT molecular complexity index is 636. The van der Waals surface area contributed by atoms with E-state index in [0.717, 1.165) is 38.4 Å². The molecule has 0 saturated carbocycles. The molecule has 0 aromatic heterocycles. The molecule has 1 fully saturated rings. The predicted molar refractivity (Wildman–Crippen MR) is 97.3 cm³/mol. The third kappa shape index (κ3) is 4.35.